The first-order valence-electron chi connectivity index (χ1n) is 12.6. The van der Waals surface area contributed by atoms with Crippen molar-refractivity contribution in [2.24, 2.45) is 0 Å². The van der Waals surface area contributed by atoms with Gasteiger partial charge in [-0.15, -0.1) is 0 Å². The molecule has 0 aromatic heterocycles. The van der Waals surface area contributed by atoms with Crippen LogP contribution in [0.5, 0.6) is 0 Å². The fourth-order valence-electron chi connectivity index (χ4n) is 6.60. The number of rotatable bonds is 0. The Kier molecular flexibility index (Phi) is 4.80. The normalized spacial score (nSPS) is 17.4. The Balaban J connectivity index is 1.88. The van der Waals surface area contributed by atoms with Gasteiger partial charge in [0, 0.05) is 4.47 Å². The van der Waals surface area contributed by atoms with Crippen LogP contribution in [0.4, 0.5) is 0 Å². The molecule has 2 aliphatic carbocycles. The zero-order valence-electron chi connectivity index (χ0n) is 21.8. The molecule has 0 N–H and O–H groups in total. The third-order valence-electron chi connectivity index (χ3n) is 8.01. The van der Waals surface area contributed by atoms with Crippen LogP contribution in [-0.4, -0.2) is 0 Å². The lowest BCUT2D eigenvalue weighted by Gasteiger charge is -2.32. The van der Waals surface area contributed by atoms with E-state index in [-0.39, 0.29) is 10.8 Å². The molecule has 4 aromatic carbocycles. The smallest absolute Gasteiger partial charge is 0.0991 e. The third kappa shape index (κ3) is 2.93. The monoisotopic (exact) mass is 531 g/mol. The number of nitrogens with zero attached hydrogens (tertiary/aromatic N) is 1. The third-order valence-corrected chi connectivity index (χ3v) is 8.47. The quantitative estimate of drug-likeness (QED) is 0.191. The lowest BCUT2D eigenvalue weighted by molar-refractivity contribution is 0.590. The molecule has 0 aliphatic heterocycles. The van der Waals surface area contributed by atoms with Gasteiger partial charge in [-0.1, -0.05) is 106 Å². The molecule has 0 fully saturated rings. The average Bonchev–Trinajstić information content (AvgIpc) is 3.28. The van der Waals surface area contributed by atoms with Crippen LogP contribution in [0.15, 0.2) is 77.3 Å². The first kappa shape index (κ1) is 23.3. The number of benzene rings is 4. The largest absolute Gasteiger partial charge is 0.192 e. The molecule has 6 rings (SSSR count). The van der Waals surface area contributed by atoms with E-state index in [2.05, 4.69) is 130 Å². The van der Waals surface area contributed by atoms with Gasteiger partial charge in [-0.3, -0.25) is 0 Å². The van der Waals surface area contributed by atoms with Gasteiger partial charge >= 0.3 is 0 Å². The van der Waals surface area contributed by atoms with Crippen LogP contribution >= 0.6 is 15.9 Å². The molecule has 2 aliphatic rings. The second kappa shape index (κ2) is 7.44. The molecular formula is C34H30BrN. The highest BCUT2D eigenvalue weighted by Gasteiger charge is 2.53. The lowest BCUT2D eigenvalue weighted by atomic mass is 9.69. The van der Waals surface area contributed by atoms with Crippen molar-refractivity contribution < 1.29 is 0 Å². The van der Waals surface area contributed by atoms with Gasteiger partial charge in [-0.05, 0) is 90.7 Å². The zero-order valence-corrected chi connectivity index (χ0v) is 23.3. The Morgan fingerprint density at radius 2 is 1.28 bits per heavy atom. The van der Waals surface area contributed by atoms with E-state index in [4.69, 9.17) is 0 Å². The molecule has 1 atom stereocenters. The van der Waals surface area contributed by atoms with Gasteiger partial charge < -0.3 is 0 Å². The minimum Gasteiger partial charge on any atom is -0.192 e. The van der Waals surface area contributed by atoms with Crippen molar-refractivity contribution in [2.75, 3.05) is 0 Å². The Morgan fingerprint density at radius 1 is 0.639 bits per heavy atom. The molecule has 36 heavy (non-hydrogen) atoms. The van der Waals surface area contributed by atoms with Gasteiger partial charge in [0.25, 0.3) is 0 Å². The summed E-state index contributed by atoms with van der Waals surface area (Å²) in [4.78, 5) is 0. The molecule has 0 amide bonds. The van der Waals surface area contributed by atoms with Crippen LogP contribution in [0.2, 0.25) is 0 Å². The van der Waals surface area contributed by atoms with Gasteiger partial charge in [0.2, 0.25) is 0 Å². The fraction of sp³-hybridized carbons (Fsp3) is 0.265. The molecule has 0 radical (unpaired) electrons. The Morgan fingerprint density at radius 3 is 1.97 bits per heavy atom. The van der Waals surface area contributed by atoms with Crippen molar-refractivity contribution in [1.29, 1.82) is 5.26 Å². The average molecular weight is 533 g/mol. The Hall–Kier alpha value is -3.15. The van der Waals surface area contributed by atoms with Crippen LogP contribution in [0.25, 0.3) is 22.3 Å². The topological polar surface area (TPSA) is 23.8 Å². The first-order valence-corrected chi connectivity index (χ1v) is 13.4. The molecule has 2 heteroatoms. The molecule has 4 aromatic rings. The highest BCUT2D eigenvalue weighted by Crippen LogP contribution is 2.65. The summed E-state index contributed by atoms with van der Waals surface area (Å²) >= 11 is 3.89. The van der Waals surface area contributed by atoms with Crippen molar-refractivity contribution in [3.63, 3.8) is 0 Å². The number of halogens is 1. The van der Waals surface area contributed by atoms with Crippen LogP contribution in [-0.2, 0) is 16.2 Å². The van der Waals surface area contributed by atoms with Gasteiger partial charge in [-0.2, -0.15) is 5.26 Å². The summed E-state index contributed by atoms with van der Waals surface area (Å²) in [5, 5.41) is 9.93. The fourth-order valence-corrected chi connectivity index (χ4v) is 7.06. The second-order valence-corrected chi connectivity index (χ2v) is 13.2. The summed E-state index contributed by atoms with van der Waals surface area (Å²) in [6.45, 7) is 13.8. The maximum Gasteiger partial charge on any atom is 0.0991 e. The van der Waals surface area contributed by atoms with E-state index in [0.29, 0.717) is 5.56 Å². The lowest BCUT2D eigenvalue weighted by Crippen LogP contribution is -2.27. The second-order valence-electron chi connectivity index (χ2n) is 12.3. The molecule has 1 nitrogen and oxygen atoms in total. The summed E-state index contributed by atoms with van der Waals surface area (Å²) in [5.74, 6) is 0. The molecule has 178 valence electrons. The van der Waals surface area contributed by atoms with E-state index in [1.807, 2.05) is 6.07 Å². The van der Waals surface area contributed by atoms with Crippen molar-refractivity contribution >= 4 is 15.9 Å². The highest BCUT2D eigenvalue weighted by atomic mass is 79.9. The SMILES string of the molecule is CC(C)(C)c1cccc2c1-c1ccccc1C21c2cc(C#N)ccc2-c2c(C(C)(C)C)cc(Br)cc21. The highest BCUT2D eigenvalue weighted by molar-refractivity contribution is 9.10. The van der Waals surface area contributed by atoms with E-state index in [9.17, 15) is 5.26 Å². The van der Waals surface area contributed by atoms with Gasteiger partial charge in [0.1, 0.15) is 0 Å². The standard InChI is InChI=1S/C34H30BrN/c1-32(2,3)25-12-9-13-26-30(25)22-10-7-8-11-24(22)34(26)27-16-20(19-36)14-15-23(27)31-28(33(4,5)6)17-21(35)18-29(31)34/h7-18H,1-6H3. The van der Waals surface area contributed by atoms with Crippen molar-refractivity contribution in [1.82, 2.24) is 0 Å². The number of nitriles is 1. The molecule has 0 saturated heterocycles. The summed E-state index contributed by atoms with van der Waals surface area (Å²) in [6.07, 6.45) is 0. The Bertz CT molecular complexity index is 1620. The van der Waals surface area contributed by atoms with E-state index in [1.54, 1.807) is 0 Å². The molecule has 0 bridgehead atoms. The summed E-state index contributed by atoms with van der Waals surface area (Å²) in [5.41, 5.74) is 13.2. The molecule has 1 spiro atoms. The number of hydrogen-bond donors (Lipinski definition) is 0. The maximum absolute atomic E-state index is 9.93. The first-order chi connectivity index (χ1) is 17.0. The van der Waals surface area contributed by atoms with Crippen LogP contribution in [0.3, 0.4) is 0 Å². The van der Waals surface area contributed by atoms with Crippen LogP contribution < -0.4 is 0 Å². The molecular weight excluding hydrogens is 502 g/mol. The maximum atomic E-state index is 9.93. The Labute approximate surface area is 223 Å². The van der Waals surface area contributed by atoms with E-state index >= 15 is 0 Å². The van der Waals surface area contributed by atoms with E-state index < -0.39 is 5.41 Å². The number of fused-ring (bicyclic) bond motifs is 10. The van der Waals surface area contributed by atoms with Crippen LogP contribution in [0.1, 0.15) is 80.5 Å². The molecule has 0 heterocycles. The van der Waals surface area contributed by atoms with E-state index in [1.165, 1.54) is 55.6 Å². The van der Waals surface area contributed by atoms with Gasteiger partial charge in [-0.25, -0.2) is 0 Å². The van der Waals surface area contributed by atoms with Crippen molar-refractivity contribution in [3.05, 3.63) is 116 Å². The van der Waals surface area contributed by atoms with Crippen molar-refractivity contribution in [3.8, 4) is 28.3 Å². The summed E-state index contributed by atoms with van der Waals surface area (Å²) in [6, 6.07) is 29.1. The summed E-state index contributed by atoms with van der Waals surface area (Å²) < 4.78 is 1.09. The van der Waals surface area contributed by atoms with Crippen LogP contribution in [0, 0.1) is 11.3 Å². The minimum atomic E-state index is -0.464. The minimum absolute atomic E-state index is 0.00338. The van der Waals surface area contributed by atoms with Crippen molar-refractivity contribution in [2.45, 2.75) is 57.8 Å². The van der Waals surface area contributed by atoms with E-state index in [0.717, 1.165) is 4.47 Å². The van der Waals surface area contributed by atoms with Gasteiger partial charge in [0.05, 0.1) is 17.0 Å². The zero-order chi connectivity index (χ0) is 25.6. The number of hydrogen-bond acceptors (Lipinski definition) is 1. The predicted octanol–water partition coefficient (Wildman–Crippen LogP) is 9.26. The molecule has 0 saturated carbocycles. The summed E-state index contributed by atoms with van der Waals surface area (Å²) in [7, 11) is 0. The predicted molar refractivity (Wildman–Crippen MR) is 153 cm³/mol. The molecule has 1 unspecified atom stereocenters. The van der Waals surface area contributed by atoms with Gasteiger partial charge in [0.15, 0.2) is 0 Å².